The van der Waals surface area contributed by atoms with Gasteiger partial charge in [0.05, 0.1) is 17.8 Å². The number of alkyl halides is 3. The number of hydrogen-bond acceptors (Lipinski definition) is 5. The Labute approximate surface area is 158 Å². The molecule has 0 spiro atoms. The predicted molar refractivity (Wildman–Crippen MR) is 93.1 cm³/mol. The van der Waals surface area contributed by atoms with Crippen molar-refractivity contribution in [2.45, 2.75) is 12.7 Å². The Morgan fingerprint density at radius 1 is 1.07 bits per heavy atom. The van der Waals surface area contributed by atoms with Crippen molar-refractivity contribution in [1.82, 2.24) is 24.6 Å². The van der Waals surface area contributed by atoms with E-state index < -0.39 is 17.6 Å². The van der Waals surface area contributed by atoms with Gasteiger partial charge < -0.3 is 10.2 Å². The topological polar surface area (TPSA) is 83.4 Å². The van der Waals surface area contributed by atoms with E-state index in [-0.39, 0.29) is 24.7 Å². The zero-order chi connectivity index (χ0) is 20.1. The quantitative estimate of drug-likeness (QED) is 0.818. The first-order valence-corrected chi connectivity index (χ1v) is 8.61. The van der Waals surface area contributed by atoms with Crippen LogP contribution >= 0.6 is 0 Å². The van der Waals surface area contributed by atoms with Gasteiger partial charge in [-0.2, -0.15) is 18.3 Å². The third kappa shape index (κ3) is 5.06. The first-order valence-electron chi connectivity index (χ1n) is 8.61. The van der Waals surface area contributed by atoms with E-state index in [4.69, 9.17) is 0 Å². The second-order valence-corrected chi connectivity index (χ2v) is 6.34. The molecule has 1 aliphatic rings. The molecule has 150 valence electrons. The maximum atomic E-state index is 13.0. The number of nitrogens with one attached hydrogen (secondary N) is 1. The number of amides is 2. The van der Waals surface area contributed by atoms with Gasteiger partial charge in [-0.1, -0.05) is 12.1 Å². The number of benzene rings is 1. The minimum Gasteiger partial charge on any atom is -0.339 e. The van der Waals surface area contributed by atoms with Crippen LogP contribution in [0.4, 0.5) is 18.9 Å². The molecule has 0 radical (unpaired) electrons. The van der Waals surface area contributed by atoms with E-state index in [2.05, 4.69) is 15.4 Å². The fraction of sp³-hybridized carbons (Fsp3) is 0.412. The molecule has 2 heterocycles. The van der Waals surface area contributed by atoms with Crippen LogP contribution in [0.1, 0.15) is 5.56 Å². The van der Waals surface area contributed by atoms with Crippen molar-refractivity contribution >= 4 is 17.5 Å². The summed E-state index contributed by atoms with van der Waals surface area (Å²) in [6.07, 6.45) is -1.74. The van der Waals surface area contributed by atoms with Crippen LogP contribution in [0, 0.1) is 0 Å². The van der Waals surface area contributed by atoms with Gasteiger partial charge in [0.25, 0.3) is 0 Å². The molecule has 11 heteroatoms. The third-order valence-corrected chi connectivity index (χ3v) is 4.36. The van der Waals surface area contributed by atoms with Crippen molar-refractivity contribution in [3.8, 4) is 0 Å². The smallest absolute Gasteiger partial charge is 0.339 e. The van der Waals surface area contributed by atoms with Crippen LogP contribution in [0.25, 0.3) is 0 Å². The number of halogens is 3. The highest BCUT2D eigenvalue weighted by Gasteiger charge is 2.33. The first-order chi connectivity index (χ1) is 13.3. The van der Waals surface area contributed by atoms with E-state index >= 15 is 0 Å². The molecule has 2 aromatic rings. The highest BCUT2D eigenvalue weighted by Crippen LogP contribution is 2.34. The summed E-state index contributed by atoms with van der Waals surface area (Å²) in [5.74, 6) is -0.632. The van der Waals surface area contributed by atoms with Crippen LogP contribution < -0.4 is 5.32 Å². The standard InChI is InChI=1S/C17H19F3N6O2/c18-17(19,20)13-3-1-2-4-14(13)23-15(27)9-24-5-7-25(8-6-24)16(28)10-26-12-21-11-22-26/h1-4,11-12H,5-10H2,(H,23,27). The van der Waals surface area contributed by atoms with Gasteiger partial charge in [-0.25, -0.2) is 9.67 Å². The molecule has 8 nitrogen and oxygen atoms in total. The van der Waals surface area contributed by atoms with Crippen molar-refractivity contribution in [3.63, 3.8) is 0 Å². The Morgan fingerprint density at radius 2 is 1.79 bits per heavy atom. The van der Waals surface area contributed by atoms with Crippen molar-refractivity contribution in [2.24, 2.45) is 0 Å². The van der Waals surface area contributed by atoms with Gasteiger partial charge in [0.1, 0.15) is 19.2 Å². The van der Waals surface area contributed by atoms with Gasteiger partial charge in [0.15, 0.2) is 0 Å². The number of piperazine rings is 1. The van der Waals surface area contributed by atoms with Gasteiger partial charge in [-0.3, -0.25) is 14.5 Å². The van der Waals surface area contributed by atoms with Crippen LogP contribution in [0.2, 0.25) is 0 Å². The Kier molecular flexibility index (Phi) is 5.93. The van der Waals surface area contributed by atoms with Crippen LogP contribution in [-0.4, -0.2) is 69.1 Å². The van der Waals surface area contributed by atoms with Gasteiger partial charge in [-0.15, -0.1) is 0 Å². The number of anilines is 1. The number of carbonyl (C=O) groups is 2. The lowest BCUT2D eigenvalue weighted by Gasteiger charge is -2.34. The lowest BCUT2D eigenvalue weighted by Crippen LogP contribution is -2.51. The van der Waals surface area contributed by atoms with Crippen molar-refractivity contribution in [3.05, 3.63) is 42.5 Å². The molecule has 0 unspecified atom stereocenters. The summed E-state index contributed by atoms with van der Waals surface area (Å²) in [6.45, 7) is 1.82. The molecule has 0 bridgehead atoms. The molecule has 1 aromatic carbocycles. The molecular weight excluding hydrogens is 377 g/mol. The van der Waals surface area contributed by atoms with E-state index in [1.165, 1.54) is 35.5 Å². The van der Waals surface area contributed by atoms with Crippen molar-refractivity contribution < 1.29 is 22.8 Å². The molecule has 3 rings (SSSR count). The van der Waals surface area contributed by atoms with Crippen molar-refractivity contribution in [1.29, 1.82) is 0 Å². The van der Waals surface area contributed by atoms with Crippen LogP contribution in [0.3, 0.4) is 0 Å². The molecule has 0 atom stereocenters. The van der Waals surface area contributed by atoms with Gasteiger partial charge in [0, 0.05) is 26.2 Å². The van der Waals surface area contributed by atoms with E-state index in [9.17, 15) is 22.8 Å². The lowest BCUT2D eigenvalue weighted by molar-refractivity contribution is -0.137. The van der Waals surface area contributed by atoms with Crippen LogP contribution in [-0.2, 0) is 22.3 Å². The SMILES string of the molecule is O=C(CN1CCN(C(=O)Cn2cncn2)CC1)Nc1ccccc1C(F)(F)F. The van der Waals surface area contributed by atoms with Crippen LogP contribution in [0.15, 0.2) is 36.9 Å². The van der Waals surface area contributed by atoms with Gasteiger partial charge >= 0.3 is 6.18 Å². The van der Waals surface area contributed by atoms with Gasteiger partial charge in [0.2, 0.25) is 11.8 Å². The van der Waals surface area contributed by atoms with E-state index in [0.717, 1.165) is 6.07 Å². The van der Waals surface area contributed by atoms with E-state index in [1.54, 1.807) is 9.80 Å². The van der Waals surface area contributed by atoms with Gasteiger partial charge in [-0.05, 0) is 12.1 Å². The molecule has 0 aliphatic carbocycles. The Balaban J connectivity index is 1.49. The fourth-order valence-corrected chi connectivity index (χ4v) is 2.94. The molecule has 2 amide bonds. The average molecular weight is 396 g/mol. The highest BCUT2D eigenvalue weighted by atomic mass is 19.4. The molecule has 1 saturated heterocycles. The second-order valence-electron chi connectivity index (χ2n) is 6.34. The zero-order valence-electron chi connectivity index (χ0n) is 14.9. The summed E-state index contributed by atoms with van der Waals surface area (Å²) < 4.78 is 40.4. The average Bonchev–Trinajstić information content (AvgIpc) is 3.14. The molecule has 28 heavy (non-hydrogen) atoms. The molecule has 1 aromatic heterocycles. The summed E-state index contributed by atoms with van der Waals surface area (Å²) in [7, 11) is 0. The summed E-state index contributed by atoms with van der Waals surface area (Å²) in [5, 5.41) is 6.21. The predicted octanol–water partition coefficient (Wildman–Crippen LogP) is 1.08. The maximum Gasteiger partial charge on any atom is 0.418 e. The highest BCUT2D eigenvalue weighted by molar-refractivity contribution is 5.93. The van der Waals surface area contributed by atoms with Crippen LogP contribution in [0.5, 0.6) is 0 Å². The molecule has 0 saturated carbocycles. The van der Waals surface area contributed by atoms with Crippen molar-refractivity contribution in [2.75, 3.05) is 38.0 Å². The minimum atomic E-state index is -4.54. The molecule has 1 aliphatic heterocycles. The first kappa shape index (κ1) is 19.8. The molecule has 1 N–H and O–H groups in total. The normalized spacial score (nSPS) is 15.5. The third-order valence-electron chi connectivity index (χ3n) is 4.36. The lowest BCUT2D eigenvalue weighted by atomic mass is 10.1. The Morgan fingerprint density at radius 3 is 2.43 bits per heavy atom. The summed E-state index contributed by atoms with van der Waals surface area (Å²) in [6, 6.07) is 4.86. The zero-order valence-corrected chi connectivity index (χ0v) is 14.9. The number of aromatic nitrogens is 3. The second kappa shape index (κ2) is 8.38. The maximum absolute atomic E-state index is 13.0. The molecular formula is C17H19F3N6O2. The number of nitrogens with zero attached hydrogens (tertiary/aromatic N) is 5. The summed E-state index contributed by atoms with van der Waals surface area (Å²) in [4.78, 5) is 31.6. The minimum absolute atomic E-state index is 0.0443. The van der Waals surface area contributed by atoms with E-state index in [0.29, 0.717) is 26.2 Å². The number of hydrogen-bond donors (Lipinski definition) is 1. The Hall–Kier alpha value is -2.95. The number of carbonyl (C=O) groups excluding carboxylic acids is 2. The van der Waals surface area contributed by atoms with E-state index in [1.807, 2.05) is 0 Å². The Bertz CT molecular complexity index is 817. The number of para-hydroxylation sites is 1. The molecule has 1 fully saturated rings. The largest absolute Gasteiger partial charge is 0.418 e. The summed E-state index contributed by atoms with van der Waals surface area (Å²) >= 11 is 0. The number of rotatable bonds is 5. The fourth-order valence-electron chi connectivity index (χ4n) is 2.94. The monoisotopic (exact) mass is 396 g/mol. The summed E-state index contributed by atoms with van der Waals surface area (Å²) in [5.41, 5.74) is -1.14.